The lowest BCUT2D eigenvalue weighted by atomic mass is 9.77. The van der Waals surface area contributed by atoms with Gasteiger partial charge in [-0.2, -0.15) is 10.4 Å². The fourth-order valence-electron chi connectivity index (χ4n) is 6.61. The minimum absolute atomic E-state index is 0.0414. The highest BCUT2D eigenvalue weighted by Crippen LogP contribution is 2.39. The van der Waals surface area contributed by atoms with E-state index in [1.807, 2.05) is 43.5 Å². The highest BCUT2D eigenvalue weighted by molar-refractivity contribution is 7.97. The Labute approximate surface area is 345 Å². The largest absolute Gasteiger partial charge is 0.489 e. The first-order valence-electron chi connectivity index (χ1n) is 18.2. The van der Waals surface area contributed by atoms with Crippen molar-refractivity contribution in [2.45, 2.75) is 51.6 Å². The Morgan fingerprint density at radius 1 is 1.09 bits per heavy atom. The number of ether oxygens (including phenoxy) is 2. The quantitative estimate of drug-likeness (QED) is 0.0382. The van der Waals surface area contributed by atoms with E-state index in [9.17, 15) is 24.4 Å². The van der Waals surface area contributed by atoms with Crippen LogP contribution >= 0.6 is 23.5 Å². The summed E-state index contributed by atoms with van der Waals surface area (Å²) in [6, 6.07) is 19.0. The number of hydrogen-bond acceptors (Lipinski definition) is 11. The van der Waals surface area contributed by atoms with E-state index in [0.29, 0.717) is 34.4 Å². The predicted molar refractivity (Wildman–Crippen MR) is 222 cm³/mol. The molecule has 0 spiro atoms. The zero-order chi connectivity index (χ0) is 41.6. The molecule has 6 rings (SSSR count). The molecule has 0 bridgehead atoms. The molecule has 58 heavy (non-hydrogen) atoms. The van der Waals surface area contributed by atoms with Crippen molar-refractivity contribution in [1.82, 2.24) is 24.7 Å². The number of piperidine rings is 1. The van der Waals surface area contributed by atoms with Crippen LogP contribution in [0.1, 0.15) is 71.0 Å². The van der Waals surface area contributed by atoms with E-state index in [1.54, 1.807) is 41.2 Å². The van der Waals surface area contributed by atoms with Crippen molar-refractivity contribution in [3.63, 3.8) is 0 Å². The van der Waals surface area contributed by atoms with Crippen LogP contribution < -0.4 is 24.8 Å². The minimum Gasteiger partial charge on any atom is -0.489 e. The van der Waals surface area contributed by atoms with Gasteiger partial charge in [0.1, 0.15) is 36.9 Å². The summed E-state index contributed by atoms with van der Waals surface area (Å²) in [5.41, 5.74) is 3.17. The van der Waals surface area contributed by atoms with Gasteiger partial charge in [0, 0.05) is 36.0 Å². The third kappa shape index (κ3) is 9.09. The van der Waals surface area contributed by atoms with Crippen LogP contribution in [0.2, 0.25) is 5.02 Å². The van der Waals surface area contributed by atoms with Gasteiger partial charge in [-0.15, -0.1) is 0 Å². The van der Waals surface area contributed by atoms with E-state index < -0.39 is 35.1 Å². The van der Waals surface area contributed by atoms with Gasteiger partial charge in [0.25, 0.3) is 11.8 Å². The van der Waals surface area contributed by atoms with Crippen LogP contribution in [0.15, 0.2) is 96.3 Å². The summed E-state index contributed by atoms with van der Waals surface area (Å²) >= 11 is 8.21. The van der Waals surface area contributed by atoms with Crippen LogP contribution in [0.5, 0.6) is 11.5 Å². The summed E-state index contributed by atoms with van der Waals surface area (Å²) in [6.07, 6.45) is 7.25. The van der Waals surface area contributed by atoms with E-state index in [-0.39, 0.29) is 42.9 Å². The number of aromatic nitrogens is 2. The molecule has 1 atom stereocenters. The molecular formula is C42H41ClN8O6S. The maximum Gasteiger partial charge on any atom is 0.262 e. The topological polar surface area (TPSA) is 180 Å². The Morgan fingerprint density at radius 2 is 1.84 bits per heavy atom. The van der Waals surface area contributed by atoms with E-state index in [4.69, 9.17) is 21.1 Å². The smallest absolute Gasteiger partial charge is 0.262 e. The van der Waals surface area contributed by atoms with Gasteiger partial charge in [0.15, 0.2) is 11.6 Å². The standard InChI is InChI=1S/C42H41ClN8O6S/c1-6-7-30(45-25(2)49-58-5)24-57-31-11-8-27(9-12-31)42(3,4)28-20-26(23-44)38(34(43)21-28)56-19-18-50-17-16-36(48-50)46-29-10-13-32-33(22-29)41(55)51(40(32)54)35-14-15-37(52)47-39(35)53/h6-13,16-17,20-22,35H,1,14-15,18-19,24H2,2-5H3,(H,45,49)(H,46,48)(H,47,52,53)/b30-7-. The van der Waals surface area contributed by atoms with Crippen molar-refractivity contribution in [3.05, 3.63) is 124 Å². The van der Waals surface area contributed by atoms with Gasteiger partial charge in [0.05, 0.1) is 34.0 Å². The zero-order valence-electron chi connectivity index (χ0n) is 32.3. The molecule has 2 aliphatic rings. The number of imide groups is 2. The third-order valence-corrected chi connectivity index (χ3v) is 10.4. The fraction of sp³-hybridized carbons (Fsp3) is 0.262. The van der Waals surface area contributed by atoms with Crippen molar-refractivity contribution in [2.75, 3.05) is 24.8 Å². The first-order valence-corrected chi connectivity index (χ1v) is 19.9. The molecule has 1 fully saturated rings. The molecule has 2 aliphatic heterocycles. The van der Waals surface area contributed by atoms with Crippen LogP contribution in [0, 0.1) is 11.3 Å². The highest BCUT2D eigenvalue weighted by Gasteiger charge is 2.44. The molecule has 1 unspecified atom stereocenters. The lowest BCUT2D eigenvalue weighted by Crippen LogP contribution is -2.54. The van der Waals surface area contributed by atoms with E-state index in [1.165, 1.54) is 24.1 Å². The van der Waals surface area contributed by atoms with Crippen molar-refractivity contribution in [3.8, 4) is 17.6 Å². The van der Waals surface area contributed by atoms with Gasteiger partial charge in [-0.1, -0.05) is 62.2 Å². The Balaban J connectivity index is 1.06. The number of hydrogen-bond donors (Lipinski definition) is 3. The van der Waals surface area contributed by atoms with Crippen molar-refractivity contribution in [2.24, 2.45) is 4.99 Å². The molecule has 1 saturated heterocycles. The van der Waals surface area contributed by atoms with E-state index >= 15 is 0 Å². The maximum absolute atomic E-state index is 13.2. The van der Waals surface area contributed by atoms with Gasteiger partial charge < -0.3 is 19.5 Å². The molecule has 0 saturated carbocycles. The highest BCUT2D eigenvalue weighted by atomic mass is 35.5. The fourth-order valence-corrected chi connectivity index (χ4v) is 7.22. The molecule has 0 radical (unpaired) electrons. The number of fused-ring (bicyclic) bond motifs is 1. The van der Waals surface area contributed by atoms with Crippen LogP contribution in [-0.2, 0) is 21.5 Å². The van der Waals surface area contributed by atoms with Gasteiger partial charge in [-0.25, -0.2) is 4.99 Å². The van der Waals surface area contributed by atoms with Gasteiger partial charge >= 0.3 is 0 Å². The Morgan fingerprint density at radius 3 is 2.55 bits per heavy atom. The number of nitrogens with one attached hydrogen (secondary N) is 3. The second-order valence-corrected chi connectivity index (χ2v) is 14.9. The molecule has 1 aromatic heterocycles. The van der Waals surface area contributed by atoms with Crippen LogP contribution in [0.3, 0.4) is 0 Å². The number of amides is 4. The van der Waals surface area contributed by atoms with Crippen LogP contribution in [0.25, 0.3) is 0 Å². The Hall–Kier alpha value is -6.37. The zero-order valence-corrected chi connectivity index (χ0v) is 33.9. The number of carbonyl (C=O) groups is 4. The van der Waals surface area contributed by atoms with E-state index in [2.05, 4.69) is 51.9 Å². The third-order valence-electron chi connectivity index (χ3n) is 9.64. The molecule has 4 amide bonds. The number of rotatable bonds is 15. The number of benzene rings is 3. The second-order valence-electron chi connectivity index (χ2n) is 13.9. The van der Waals surface area contributed by atoms with E-state index in [0.717, 1.165) is 27.6 Å². The number of allylic oxidation sites excluding steroid dienone is 2. The molecule has 0 aliphatic carbocycles. The average Bonchev–Trinajstić information content (AvgIpc) is 3.74. The number of carbonyl (C=O) groups excluding carboxylic acids is 4. The molecule has 4 aromatic rings. The summed E-state index contributed by atoms with van der Waals surface area (Å²) in [5.74, 6) is -0.102. The number of aliphatic imine (C=N–C) groups is 1. The second kappa shape index (κ2) is 17.8. The molecule has 16 heteroatoms. The minimum atomic E-state index is -1.04. The lowest BCUT2D eigenvalue weighted by molar-refractivity contribution is -0.136. The molecule has 298 valence electrons. The number of anilines is 2. The Kier molecular flexibility index (Phi) is 12.7. The first-order chi connectivity index (χ1) is 27.8. The van der Waals surface area contributed by atoms with Crippen LogP contribution in [0.4, 0.5) is 11.5 Å². The summed E-state index contributed by atoms with van der Waals surface area (Å²) in [6.45, 7) is 10.5. The van der Waals surface area contributed by atoms with Crippen molar-refractivity contribution in [1.29, 1.82) is 5.26 Å². The molecule has 14 nitrogen and oxygen atoms in total. The summed E-state index contributed by atoms with van der Waals surface area (Å²) in [5, 5.41) is 20.2. The average molecular weight is 821 g/mol. The van der Waals surface area contributed by atoms with Crippen LogP contribution in [-0.4, -0.2) is 69.7 Å². The van der Waals surface area contributed by atoms with Crippen molar-refractivity contribution >= 4 is 64.5 Å². The molecule has 3 heterocycles. The summed E-state index contributed by atoms with van der Waals surface area (Å²) in [4.78, 5) is 55.7. The molecule has 3 aromatic carbocycles. The SMILES string of the molecule is C=C/C=C(/COc1ccc(C(C)(C)c2cc(Cl)c(OCCn3ccc(Nc4ccc5c(c4)C(=O)N(C4CCC(=O)NC4=O)C5=O)n3)c(C#N)c2)cc1)N=C(C)NSC. The number of nitriles is 1. The monoisotopic (exact) mass is 820 g/mol. The number of nitrogens with zero attached hydrogens (tertiary/aromatic N) is 5. The first kappa shape index (κ1) is 41.3. The number of halogens is 1. The molecular weight excluding hydrogens is 780 g/mol. The normalized spacial score (nSPS) is 15.8. The van der Waals surface area contributed by atoms with Gasteiger partial charge in [0.2, 0.25) is 11.8 Å². The molecule has 3 N–H and O–H groups in total. The van der Waals surface area contributed by atoms with Gasteiger partial charge in [-0.05, 0) is 73.0 Å². The Bertz CT molecular complexity index is 2380. The predicted octanol–water partition coefficient (Wildman–Crippen LogP) is 6.69. The lowest BCUT2D eigenvalue weighted by Gasteiger charge is -2.27. The van der Waals surface area contributed by atoms with Crippen molar-refractivity contribution < 1.29 is 28.7 Å². The summed E-state index contributed by atoms with van der Waals surface area (Å²) in [7, 11) is 0. The maximum atomic E-state index is 13.2. The summed E-state index contributed by atoms with van der Waals surface area (Å²) < 4.78 is 16.8. The number of amidine groups is 1. The van der Waals surface area contributed by atoms with Gasteiger partial charge in [-0.3, -0.25) is 34.1 Å².